The third-order valence-corrected chi connectivity index (χ3v) is 6.95. The Balaban J connectivity index is 1.29. The maximum absolute atomic E-state index is 11.7. The van der Waals surface area contributed by atoms with E-state index in [-0.39, 0.29) is 16.9 Å². The van der Waals surface area contributed by atoms with Crippen molar-refractivity contribution in [1.82, 2.24) is 5.32 Å². The molecule has 5 rings (SSSR count). The van der Waals surface area contributed by atoms with Crippen LogP contribution in [0.4, 0.5) is 16.2 Å². The molecule has 0 bridgehead atoms. The summed E-state index contributed by atoms with van der Waals surface area (Å²) in [5.74, 6) is 0.571. The quantitative estimate of drug-likeness (QED) is 0.492. The summed E-state index contributed by atoms with van der Waals surface area (Å²) in [6, 6.07) is 21.0. The topological polar surface area (TPSA) is 78.9 Å². The molecule has 1 fully saturated rings. The summed E-state index contributed by atoms with van der Waals surface area (Å²) in [6.45, 7) is 0.979. The van der Waals surface area contributed by atoms with Gasteiger partial charge in [0.15, 0.2) is 0 Å². The van der Waals surface area contributed by atoms with E-state index in [1.807, 2.05) is 54.6 Å². The molecule has 3 aromatic carbocycles. The van der Waals surface area contributed by atoms with Crippen molar-refractivity contribution in [3.63, 3.8) is 0 Å². The largest absolute Gasteiger partial charge is 0.506 e. The number of phenolic OH excluding ortho intramolecular Hbond substituents is 1. The van der Waals surface area contributed by atoms with Crippen molar-refractivity contribution in [2.75, 3.05) is 18.1 Å². The van der Waals surface area contributed by atoms with Crippen LogP contribution in [0.25, 0.3) is 6.08 Å². The number of fused-ring (bicyclic) bond motifs is 2. The Labute approximate surface area is 193 Å². The second-order valence-electron chi connectivity index (χ2n) is 7.12. The van der Waals surface area contributed by atoms with Gasteiger partial charge in [-0.1, -0.05) is 42.1 Å². The van der Waals surface area contributed by atoms with E-state index in [0.717, 1.165) is 38.5 Å². The monoisotopic (exact) mass is 462 g/mol. The standard InChI is InChI=1S/C24H18N2O4S2/c27-18-5-3-7-20-22(18)26(17-4-1-2-6-19(17)31-20)12-13-30-16-10-8-15(9-11-16)14-21-23(28)25-24(29)32-21/h1-11,14,27H,12-13H2,(H,25,28,29). The van der Waals surface area contributed by atoms with Crippen molar-refractivity contribution in [3.8, 4) is 11.5 Å². The van der Waals surface area contributed by atoms with Gasteiger partial charge in [-0.15, -0.1) is 0 Å². The van der Waals surface area contributed by atoms with Crippen LogP contribution in [-0.4, -0.2) is 29.4 Å². The van der Waals surface area contributed by atoms with E-state index < -0.39 is 0 Å². The van der Waals surface area contributed by atoms with Gasteiger partial charge in [0.25, 0.3) is 11.1 Å². The van der Waals surface area contributed by atoms with Crippen LogP contribution in [0, 0.1) is 0 Å². The smallest absolute Gasteiger partial charge is 0.290 e. The Kier molecular flexibility index (Phi) is 5.55. The highest BCUT2D eigenvalue weighted by Gasteiger charge is 2.26. The Morgan fingerprint density at radius 2 is 1.72 bits per heavy atom. The second kappa shape index (κ2) is 8.64. The molecule has 160 valence electrons. The number of rotatable bonds is 5. The van der Waals surface area contributed by atoms with Gasteiger partial charge in [0.05, 0.1) is 22.8 Å². The average molecular weight is 463 g/mol. The highest BCUT2D eigenvalue weighted by atomic mass is 32.2. The number of phenols is 1. The average Bonchev–Trinajstić information content (AvgIpc) is 3.11. The van der Waals surface area contributed by atoms with Crippen LogP contribution in [-0.2, 0) is 4.79 Å². The van der Waals surface area contributed by atoms with Crippen LogP contribution in [0.5, 0.6) is 11.5 Å². The molecule has 0 unspecified atom stereocenters. The molecule has 0 aromatic heterocycles. The molecule has 32 heavy (non-hydrogen) atoms. The number of carbonyl (C=O) groups excluding carboxylic acids is 2. The van der Waals surface area contributed by atoms with E-state index in [0.29, 0.717) is 23.8 Å². The van der Waals surface area contributed by atoms with Crippen LogP contribution < -0.4 is 15.0 Å². The van der Waals surface area contributed by atoms with E-state index in [1.165, 1.54) is 0 Å². The molecule has 0 aliphatic carbocycles. The van der Waals surface area contributed by atoms with Crippen LogP contribution in [0.2, 0.25) is 0 Å². The predicted octanol–water partition coefficient (Wildman–Crippen LogP) is 5.40. The van der Waals surface area contributed by atoms with E-state index in [4.69, 9.17) is 4.74 Å². The molecule has 1 saturated heterocycles. The van der Waals surface area contributed by atoms with Gasteiger partial charge >= 0.3 is 0 Å². The fourth-order valence-electron chi connectivity index (χ4n) is 3.59. The molecule has 0 spiro atoms. The summed E-state index contributed by atoms with van der Waals surface area (Å²) in [5.41, 5.74) is 2.65. The van der Waals surface area contributed by atoms with Crippen molar-refractivity contribution in [2.24, 2.45) is 0 Å². The fourth-order valence-corrected chi connectivity index (χ4v) is 5.40. The number of aromatic hydroxyl groups is 1. The number of carbonyl (C=O) groups is 2. The molecule has 0 saturated carbocycles. The number of benzene rings is 3. The van der Waals surface area contributed by atoms with Gasteiger partial charge in [0.2, 0.25) is 0 Å². The lowest BCUT2D eigenvalue weighted by Gasteiger charge is -2.33. The third-order valence-electron chi connectivity index (χ3n) is 5.03. The maximum atomic E-state index is 11.7. The SMILES string of the molecule is O=C1NC(=O)C(=Cc2ccc(OCCN3c4ccccc4Sc4cccc(O)c43)cc2)S1. The zero-order valence-electron chi connectivity index (χ0n) is 16.8. The Morgan fingerprint density at radius 3 is 2.50 bits per heavy atom. The Bertz CT molecular complexity index is 1240. The Morgan fingerprint density at radius 1 is 0.938 bits per heavy atom. The summed E-state index contributed by atoms with van der Waals surface area (Å²) >= 11 is 2.54. The van der Waals surface area contributed by atoms with Gasteiger partial charge in [-0.05, 0) is 59.8 Å². The summed E-state index contributed by atoms with van der Waals surface area (Å²) in [5, 5.41) is 12.4. The first kappa shape index (κ1) is 20.5. The van der Waals surface area contributed by atoms with Crippen molar-refractivity contribution in [1.29, 1.82) is 0 Å². The van der Waals surface area contributed by atoms with Gasteiger partial charge in [-0.2, -0.15) is 0 Å². The molecular weight excluding hydrogens is 444 g/mol. The van der Waals surface area contributed by atoms with Gasteiger partial charge in [-0.3, -0.25) is 14.9 Å². The molecule has 3 aromatic rings. The molecule has 2 aliphatic heterocycles. The summed E-state index contributed by atoms with van der Waals surface area (Å²) in [7, 11) is 0. The van der Waals surface area contributed by atoms with E-state index in [1.54, 1.807) is 23.9 Å². The molecule has 2 aliphatic rings. The maximum Gasteiger partial charge on any atom is 0.290 e. The van der Waals surface area contributed by atoms with E-state index >= 15 is 0 Å². The number of anilines is 2. The number of nitrogens with zero attached hydrogens (tertiary/aromatic N) is 1. The van der Waals surface area contributed by atoms with Gasteiger partial charge < -0.3 is 14.7 Å². The van der Waals surface area contributed by atoms with Crippen LogP contribution >= 0.6 is 23.5 Å². The van der Waals surface area contributed by atoms with Gasteiger partial charge in [0, 0.05) is 9.79 Å². The lowest BCUT2D eigenvalue weighted by Crippen LogP contribution is -2.26. The number of nitrogens with one attached hydrogen (secondary N) is 1. The summed E-state index contributed by atoms with van der Waals surface area (Å²) in [6.07, 6.45) is 1.68. The van der Waals surface area contributed by atoms with E-state index in [2.05, 4.69) is 16.3 Å². The molecule has 6 nitrogen and oxygen atoms in total. The van der Waals surface area contributed by atoms with Crippen molar-refractivity contribution >= 4 is 52.1 Å². The number of hydrogen-bond donors (Lipinski definition) is 2. The zero-order valence-corrected chi connectivity index (χ0v) is 18.4. The molecular formula is C24H18N2O4S2. The first-order valence-corrected chi connectivity index (χ1v) is 11.6. The summed E-state index contributed by atoms with van der Waals surface area (Å²) in [4.78, 5) is 27.6. The first-order chi connectivity index (χ1) is 15.6. The minimum absolute atomic E-state index is 0.245. The van der Waals surface area contributed by atoms with Gasteiger partial charge in [0.1, 0.15) is 18.1 Å². The minimum atomic E-state index is -0.371. The number of imide groups is 1. The number of thioether (sulfide) groups is 1. The fraction of sp³-hybridized carbons (Fsp3) is 0.0833. The lowest BCUT2D eigenvalue weighted by molar-refractivity contribution is -0.115. The van der Waals surface area contributed by atoms with Crippen LogP contribution in [0.15, 0.2) is 81.4 Å². The highest BCUT2D eigenvalue weighted by Crippen LogP contribution is 2.51. The highest BCUT2D eigenvalue weighted by molar-refractivity contribution is 8.18. The van der Waals surface area contributed by atoms with Crippen LogP contribution in [0.3, 0.4) is 0 Å². The number of ether oxygens (including phenoxy) is 1. The lowest BCUT2D eigenvalue weighted by atomic mass is 10.2. The van der Waals surface area contributed by atoms with E-state index in [9.17, 15) is 14.7 Å². The van der Waals surface area contributed by atoms with Gasteiger partial charge in [-0.25, -0.2) is 0 Å². The second-order valence-corrected chi connectivity index (χ2v) is 9.21. The van der Waals surface area contributed by atoms with Crippen molar-refractivity contribution in [3.05, 3.63) is 77.2 Å². The zero-order chi connectivity index (χ0) is 22.1. The predicted molar refractivity (Wildman–Crippen MR) is 127 cm³/mol. The minimum Gasteiger partial charge on any atom is -0.506 e. The van der Waals surface area contributed by atoms with Crippen LogP contribution in [0.1, 0.15) is 5.56 Å². The first-order valence-electron chi connectivity index (χ1n) is 9.92. The van der Waals surface area contributed by atoms with Crippen molar-refractivity contribution in [2.45, 2.75) is 9.79 Å². The number of para-hydroxylation sites is 2. The normalized spacial score (nSPS) is 16.0. The summed E-state index contributed by atoms with van der Waals surface area (Å²) < 4.78 is 5.95. The molecule has 0 atom stereocenters. The molecule has 8 heteroatoms. The third kappa shape index (κ3) is 4.06. The molecule has 2 N–H and O–H groups in total. The molecule has 2 heterocycles. The molecule has 0 radical (unpaired) electrons. The number of amides is 2. The number of hydrogen-bond acceptors (Lipinski definition) is 7. The van der Waals surface area contributed by atoms with Crippen molar-refractivity contribution < 1.29 is 19.4 Å². The molecule has 2 amide bonds. The Hall–Kier alpha value is -3.36.